The van der Waals surface area contributed by atoms with Crippen molar-refractivity contribution < 1.29 is 9.59 Å². The zero-order chi connectivity index (χ0) is 15.1. The number of unbranched alkanes of at least 4 members (excludes halogenated alkanes) is 2. The molecule has 0 radical (unpaired) electrons. The predicted octanol–water partition coefficient (Wildman–Crippen LogP) is 3.08. The van der Waals surface area contributed by atoms with E-state index in [0.29, 0.717) is 12.2 Å². The monoisotopic (exact) mass is 284 g/mol. The van der Waals surface area contributed by atoms with Gasteiger partial charge in [0.25, 0.3) is 0 Å². The first-order valence-corrected chi connectivity index (χ1v) is 7.29. The second-order valence-corrected chi connectivity index (χ2v) is 4.94. The number of fused-ring (bicyclic) bond motifs is 1. The Hall–Kier alpha value is -2.36. The van der Waals surface area contributed by atoms with Gasteiger partial charge in [-0.3, -0.25) is 9.59 Å². The number of amides is 2. The van der Waals surface area contributed by atoms with E-state index in [9.17, 15) is 9.59 Å². The topological polar surface area (TPSA) is 58.2 Å². The molecule has 0 heterocycles. The molecule has 0 saturated heterocycles. The molecular weight excluding hydrogens is 264 g/mol. The zero-order valence-electron chi connectivity index (χ0n) is 12.2. The van der Waals surface area contributed by atoms with Crippen molar-refractivity contribution in [1.29, 1.82) is 0 Å². The third-order valence-corrected chi connectivity index (χ3v) is 3.31. The molecule has 2 N–H and O–H groups in total. The predicted molar refractivity (Wildman–Crippen MR) is 85.1 cm³/mol. The van der Waals surface area contributed by atoms with E-state index < -0.39 is 11.8 Å². The van der Waals surface area contributed by atoms with Crippen LogP contribution in [0, 0.1) is 0 Å². The lowest BCUT2D eigenvalue weighted by Crippen LogP contribution is -2.35. The minimum Gasteiger partial charge on any atom is -0.348 e. The lowest BCUT2D eigenvalue weighted by molar-refractivity contribution is -0.136. The molecule has 0 aromatic heterocycles. The molecule has 110 valence electrons. The van der Waals surface area contributed by atoms with Crippen LogP contribution in [0.5, 0.6) is 0 Å². The number of hydrogen-bond donors (Lipinski definition) is 2. The summed E-state index contributed by atoms with van der Waals surface area (Å²) < 4.78 is 0. The van der Waals surface area contributed by atoms with Gasteiger partial charge >= 0.3 is 11.8 Å². The first-order chi connectivity index (χ1) is 10.2. The normalized spacial score (nSPS) is 10.3. The maximum absolute atomic E-state index is 11.9. The van der Waals surface area contributed by atoms with Crippen LogP contribution in [0.3, 0.4) is 0 Å². The van der Waals surface area contributed by atoms with Crippen LogP contribution in [0.2, 0.25) is 0 Å². The van der Waals surface area contributed by atoms with Crippen molar-refractivity contribution in [2.45, 2.75) is 26.2 Å². The van der Waals surface area contributed by atoms with Gasteiger partial charge in [0.15, 0.2) is 0 Å². The summed E-state index contributed by atoms with van der Waals surface area (Å²) in [5.41, 5.74) is 0.654. The highest BCUT2D eigenvalue weighted by Crippen LogP contribution is 2.22. The summed E-state index contributed by atoms with van der Waals surface area (Å²) in [5.74, 6) is -1.21. The molecule has 2 amide bonds. The quantitative estimate of drug-likeness (QED) is 0.655. The molecule has 4 nitrogen and oxygen atoms in total. The molecule has 0 aliphatic carbocycles. The van der Waals surface area contributed by atoms with Crippen molar-refractivity contribution in [3.05, 3.63) is 42.5 Å². The summed E-state index contributed by atoms with van der Waals surface area (Å²) in [4.78, 5) is 23.6. The Labute approximate surface area is 124 Å². The highest BCUT2D eigenvalue weighted by Gasteiger charge is 2.13. The van der Waals surface area contributed by atoms with Gasteiger partial charge < -0.3 is 10.6 Å². The Morgan fingerprint density at radius 2 is 1.71 bits per heavy atom. The fourth-order valence-electron chi connectivity index (χ4n) is 2.17. The number of carbonyl (C=O) groups excluding carboxylic acids is 2. The van der Waals surface area contributed by atoms with Crippen LogP contribution in [-0.2, 0) is 9.59 Å². The molecule has 2 rings (SSSR count). The number of anilines is 1. The smallest absolute Gasteiger partial charge is 0.313 e. The summed E-state index contributed by atoms with van der Waals surface area (Å²) in [5, 5.41) is 7.26. The average Bonchev–Trinajstić information content (AvgIpc) is 2.51. The zero-order valence-corrected chi connectivity index (χ0v) is 12.2. The van der Waals surface area contributed by atoms with Gasteiger partial charge in [0, 0.05) is 17.6 Å². The van der Waals surface area contributed by atoms with Crippen LogP contribution in [0.15, 0.2) is 42.5 Å². The molecule has 0 spiro atoms. The SMILES string of the molecule is CCCCCNC(=O)C(=O)Nc1cccc2ccccc12. The Morgan fingerprint density at radius 1 is 0.952 bits per heavy atom. The Morgan fingerprint density at radius 3 is 2.52 bits per heavy atom. The summed E-state index contributed by atoms with van der Waals surface area (Å²) in [6.45, 7) is 2.63. The van der Waals surface area contributed by atoms with Gasteiger partial charge in [-0.15, -0.1) is 0 Å². The lowest BCUT2D eigenvalue weighted by atomic mass is 10.1. The van der Waals surface area contributed by atoms with Crippen molar-refractivity contribution in [2.24, 2.45) is 0 Å². The first kappa shape index (κ1) is 15.0. The third kappa shape index (κ3) is 4.05. The molecule has 0 saturated carbocycles. The number of nitrogens with one attached hydrogen (secondary N) is 2. The van der Waals surface area contributed by atoms with Crippen molar-refractivity contribution in [1.82, 2.24) is 5.32 Å². The minimum absolute atomic E-state index is 0.537. The highest BCUT2D eigenvalue weighted by atomic mass is 16.2. The Balaban J connectivity index is 1.99. The van der Waals surface area contributed by atoms with Crippen molar-refractivity contribution in [3.8, 4) is 0 Å². The van der Waals surface area contributed by atoms with Crippen LogP contribution in [0.4, 0.5) is 5.69 Å². The molecule has 21 heavy (non-hydrogen) atoms. The van der Waals surface area contributed by atoms with Gasteiger partial charge in [0.1, 0.15) is 0 Å². The largest absolute Gasteiger partial charge is 0.348 e. The van der Waals surface area contributed by atoms with E-state index in [4.69, 9.17) is 0 Å². The highest BCUT2D eigenvalue weighted by molar-refractivity contribution is 6.40. The first-order valence-electron chi connectivity index (χ1n) is 7.29. The number of carbonyl (C=O) groups is 2. The molecule has 0 atom stereocenters. The van der Waals surface area contributed by atoms with Crippen molar-refractivity contribution in [3.63, 3.8) is 0 Å². The lowest BCUT2D eigenvalue weighted by Gasteiger charge is -2.09. The Kier molecular flexibility index (Phi) is 5.32. The molecule has 0 bridgehead atoms. The summed E-state index contributed by atoms with van der Waals surface area (Å²) >= 11 is 0. The maximum Gasteiger partial charge on any atom is 0.313 e. The van der Waals surface area contributed by atoms with Crippen LogP contribution in [-0.4, -0.2) is 18.4 Å². The number of hydrogen-bond acceptors (Lipinski definition) is 2. The summed E-state index contributed by atoms with van der Waals surface area (Å²) in [7, 11) is 0. The fraction of sp³-hybridized carbons (Fsp3) is 0.294. The van der Waals surface area contributed by atoms with E-state index in [1.54, 1.807) is 6.07 Å². The van der Waals surface area contributed by atoms with E-state index in [1.165, 1.54) is 0 Å². The van der Waals surface area contributed by atoms with Crippen LogP contribution in [0.25, 0.3) is 10.8 Å². The van der Waals surface area contributed by atoms with Crippen LogP contribution in [0.1, 0.15) is 26.2 Å². The molecular formula is C17H20N2O2. The van der Waals surface area contributed by atoms with E-state index in [1.807, 2.05) is 36.4 Å². The average molecular weight is 284 g/mol. The minimum atomic E-state index is -0.622. The van der Waals surface area contributed by atoms with Gasteiger partial charge in [-0.25, -0.2) is 0 Å². The van der Waals surface area contributed by atoms with E-state index in [-0.39, 0.29) is 0 Å². The molecule has 2 aromatic carbocycles. The maximum atomic E-state index is 11.9. The van der Waals surface area contributed by atoms with Gasteiger partial charge in [0.2, 0.25) is 0 Å². The van der Waals surface area contributed by atoms with Gasteiger partial charge in [0.05, 0.1) is 0 Å². The van der Waals surface area contributed by atoms with Gasteiger partial charge in [-0.2, -0.15) is 0 Å². The van der Waals surface area contributed by atoms with Crippen molar-refractivity contribution in [2.75, 3.05) is 11.9 Å². The van der Waals surface area contributed by atoms with Crippen LogP contribution >= 0.6 is 0 Å². The van der Waals surface area contributed by atoms with Crippen LogP contribution < -0.4 is 10.6 Å². The van der Waals surface area contributed by atoms with Crippen molar-refractivity contribution >= 4 is 28.3 Å². The van der Waals surface area contributed by atoms with Gasteiger partial charge in [-0.1, -0.05) is 56.2 Å². The van der Waals surface area contributed by atoms with E-state index in [2.05, 4.69) is 17.6 Å². The molecule has 0 fully saturated rings. The number of rotatable bonds is 5. The Bertz CT molecular complexity index is 632. The second-order valence-electron chi connectivity index (χ2n) is 4.94. The molecule has 4 heteroatoms. The van der Waals surface area contributed by atoms with E-state index in [0.717, 1.165) is 30.0 Å². The van der Waals surface area contributed by atoms with Gasteiger partial charge in [-0.05, 0) is 17.9 Å². The standard InChI is InChI=1S/C17H20N2O2/c1-2-3-6-12-18-16(20)17(21)19-15-11-7-9-13-8-4-5-10-14(13)15/h4-5,7-11H,2-3,6,12H2,1H3,(H,18,20)(H,19,21). The van der Waals surface area contributed by atoms with E-state index >= 15 is 0 Å². The number of benzene rings is 2. The molecule has 2 aromatic rings. The molecule has 0 aliphatic rings. The third-order valence-electron chi connectivity index (χ3n) is 3.31. The fourth-order valence-corrected chi connectivity index (χ4v) is 2.17. The second kappa shape index (κ2) is 7.43. The molecule has 0 aliphatic heterocycles. The summed E-state index contributed by atoms with van der Waals surface area (Å²) in [6, 6.07) is 13.4. The summed E-state index contributed by atoms with van der Waals surface area (Å²) in [6.07, 6.45) is 3.02. The molecule has 0 unspecified atom stereocenters.